The van der Waals surface area contributed by atoms with Crippen molar-refractivity contribution in [2.24, 2.45) is 5.92 Å². The van der Waals surface area contributed by atoms with Crippen LogP contribution < -0.4 is 0 Å². The summed E-state index contributed by atoms with van der Waals surface area (Å²) in [5.74, 6) is -0.243. The second kappa shape index (κ2) is 3.34. The van der Waals surface area contributed by atoms with Gasteiger partial charge in [-0.25, -0.2) is 4.39 Å². The SMILES string of the molecule is OCCC1=COC2C=CC(F)=CC12. The minimum Gasteiger partial charge on any atom is -0.493 e. The van der Waals surface area contributed by atoms with Gasteiger partial charge in [0, 0.05) is 12.5 Å². The Morgan fingerprint density at radius 3 is 3.15 bits per heavy atom. The van der Waals surface area contributed by atoms with Gasteiger partial charge in [0.25, 0.3) is 0 Å². The number of fused-ring (bicyclic) bond motifs is 1. The highest BCUT2D eigenvalue weighted by Gasteiger charge is 2.30. The van der Waals surface area contributed by atoms with Crippen LogP contribution in [-0.2, 0) is 4.74 Å². The van der Waals surface area contributed by atoms with Gasteiger partial charge in [0.2, 0.25) is 0 Å². The molecule has 3 heteroatoms. The van der Waals surface area contributed by atoms with Crippen molar-refractivity contribution in [3.05, 3.63) is 35.9 Å². The molecule has 13 heavy (non-hydrogen) atoms. The van der Waals surface area contributed by atoms with Gasteiger partial charge in [0.15, 0.2) is 0 Å². The number of allylic oxidation sites excluding steroid dienone is 2. The van der Waals surface area contributed by atoms with Crippen LogP contribution in [0.25, 0.3) is 0 Å². The summed E-state index contributed by atoms with van der Waals surface area (Å²) in [7, 11) is 0. The molecule has 2 aliphatic rings. The van der Waals surface area contributed by atoms with Crippen molar-refractivity contribution in [1.82, 2.24) is 0 Å². The van der Waals surface area contributed by atoms with Crippen LogP contribution >= 0.6 is 0 Å². The van der Waals surface area contributed by atoms with E-state index >= 15 is 0 Å². The maximum atomic E-state index is 12.9. The first-order chi connectivity index (χ1) is 6.31. The molecule has 0 fully saturated rings. The molecule has 0 spiro atoms. The third-order valence-electron chi connectivity index (χ3n) is 2.34. The summed E-state index contributed by atoms with van der Waals surface area (Å²) in [5.41, 5.74) is 0.965. The summed E-state index contributed by atoms with van der Waals surface area (Å²) < 4.78 is 18.2. The smallest absolute Gasteiger partial charge is 0.127 e. The van der Waals surface area contributed by atoms with Crippen LogP contribution in [0.4, 0.5) is 4.39 Å². The first-order valence-corrected chi connectivity index (χ1v) is 4.32. The van der Waals surface area contributed by atoms with Gasteiger partial charge in [0.1, 0.15) is 11.9 Å². The van der Waals surface area contributed by atoms with E-state index in [1.54, 1.807) is 18.4 Å². The van der Waals surface area contributed by atoms with Gasteiger partial charge in [0.05, 0.1) is 6.26 Å². The van der Waals surface area contributed by atoms with Crippen molar-refractivity contribution in [1.29, 1.82) is 0 Å². The predicted molar refractivity (Wildman–Crippen MR) is 46.5 cm³/mol. The van der Waals surface area contributed by atoms with Gasteiger partial charge < -0.3 is 9.84 Å². The molecule has 2 rings (SSSR count). The molecule has 2 atom stereocenters. The minimum absolute atomic E-state index is 0.0165. The van der Waals surface area contributed by atoms with E-state index in [2.05, 4.69) is 0 Å². The maximum Gasteiger partial charge on any atom is 0.127 e. The van der Waals surface area contributed by atoms with Crippen LogP contribution in [0, 0.1) is 5.92 Å². The standard InChI is InChI=1S/C10H11FO2/c11-8-1-2-10-9(5-8)7(3-4-12)6-13-10/h1-2,5-6,9-10,12H,3-4H2. The summed E-state index contributed by atoms with van der Waals surface area (Å²) in [6, 6.07) is 0. The molecule has 0 saturated heterocycles. The molecule has 2 unspecified atom stereocenters. The zero-order chi connectivity index (χ0) is 9.26. The molecule has 0 saturated carbocycles. The van der Waals surface area contributed by atoms with Gasteiger partial charge in [-0.05, 0) is 30.2 Å². The highest BCUT2D eigenvalue weighted by Crippen LogP contribution is 2.33. The zero-order valence-corrected chi connectivity index (χ0v) is 7.11. The maximum absolute atomic E-state index is 12.9. The largest absolute Gasteiger partial charge is 0.493 e. The van der Waals surface area contributed by atoms with E-state index in [1.165, 1.54) is 6.08 Å². The molecule has 70 valence electrons. The van der Waals surface area contributed by atoms with E-state index in [1.807, 2.05) is 0 Å². The molecule has 0 aromatic rings. The molecule has 0 amide bonds. The Balaban J connectivity index is 2.15. The van der Waals surface area contributed by atoms with Gasteiger partial charge in [-0.2, -0.15) is 0 Å². The van der Waals surface area contributed by atoms with E-state index < -0.39 is 0 Å². The third kappa shape index (κ3) is 1.52. The second-order valence-corrected chi connectivity index (χ2v) is 3.20. The summed E-state index contributed by atoms with van der Waals surface area (Å²) in [4.78, 5) is 0. The molecule has 1 aliphatic heterocycles. The van der Waals surface area contributed by atoms with Crippen LogP contribution in [0.1, 0.15) is 6.42 Å². The molecule has 0 radical (unpaired) electrons. The topological polar surface area (TPSA) is 29.5 Å². The first-order valence-electron chi connectivity index (χ1n) is 4.32. The Kier molecular flexibility index (Phi) is 2.19. The number of halogens is 1. The molecule has 1 N–H and O–H groups in total. The van der Waals surface area contributed by atoms with Crippen LogP contribution in [-0.4, -0.2) is 17.8 Å². The lowest BCUT2D eigenvalue weighted by atomic mass is 9.90. The quantitative estimate of drug-likeness (QED) is 0.704. The predicted octanol–water partition coefficient (Wildman–Crippen LogP) is 1.69. The second-order valence-electron chi connectivity index (χ2n) is 3.20. The highest BCUT2D eigenvalue weighted by atomic mass is 19.1. The monoisotopic (exact) mass is 182 g/mol. The van der Waals surface area contributed by atoms with Crippen molar-refractivity contribution < 1.29 is 14.2 Å². The Morgan fingerprint density at radius 1 is 1.54 bits per heavy atom. The van der Waals surface area contributed by atoms with E-state index in [0.717, 1.165) is 5.57 Å². The highest BCUT2D eigenvalue weighted by molar-refractivity contribution is 5.31. The number of aliphatic hydroxyl groups excluding tert-OH is 1. The summed E-state index contributed by atoms with van der Waals surface area (Å²) in [6.45, 7) is 0.0809. The van der Waals surface area contributed by atoms with Crippen molar-refractivity contribution >= 4 is 0 Å². The lowest BCUT2D eigenvalue weighted by Crippen LogP contribution is -2.17. The molecular formula is C10H11FO2. The fourth-order valence-electron chi connectivity index (χ4n) is 1.68. The molecule has 0 bridgehead atoms. The summed E-state index contributed by atoms with van der Waals surface area (Å²) in [6.07, 6.45) is 6.78. The summed E-state index contributed by atoms with van der Waals surface area (Å²) >= 11 is 0. The third-order valence-corrected chi connectivity index (χ3v) is 2.34. The van der Waals surface area contributed by atoms with E-state index in [-0.39, 0.29) is 24.5 Å². The molecule has 2 nitrogen and oxygen atoms in total. The molecule has 1 aliphatic carbocycles. The van der Waals surface area contributed by atoms with Gasteiger partial charge >= 0.3 is 0 Å². The Bertz CT molecular complexity index is 291. The van der Waals surface area contributed by atoms with E-state index in [4.69, 9.17) is 9.84 Å². The summed E-state index contributed by atoms with van der Waals surface area (Å²) in [5, 5.41) is 8.75. The number of hydrogen-bond donors (Lipinski definition) is 1. The minimum atomic E-state index is -0.226. The van der Waals surface area contributed by atoms with Gasteiger partial charge in [-0.3, -0.25) is 0 Å². The normalized spacial score (nSPS) is 30.6. The van der Waals surface area contributed by atoms with Crippen LogP contribution in [0.3, 0.4) is 0 Å². The number of ether oxygens (including phenoxy) is 1. The molecular weight excluding hydrogens is 171 g/mol. The van der Waals surface area contributed by atoms with Crippen LogP contribution in [0.2, 0.25) is 0 Å². The molecule has 0 aromatic carbocycles. The van der Waals surface area contributed by atoms with Crippen LogP contribution in [0.5, 0.6) is 0 Å². The van der Waals surface area contributed by atoms with Crippen molar-refractivity contribution in [3.63, 3.8) is 0 Å². The number of hydrogen-bond acceptors (Lipinski definition) is 2. The fourth-order valence-corrected chi connectivity index (χ4v) is 1.68. The van der Waals surface area contributed by atoms with Crippen LogP contribution in [0.15, 0.2) is 35.9 Å². The Labute approximate surface area is 76.0 Å². The van der Waals surface area contributed by atoms with Crippen molar-refractivity contribution in [3.8, 4) is 0 Å². The Hall–Kier alpha value is -1.09. The number of aliphatic hydroxyl groups is 1. The fraction of sp³-hybridized carbons (Fsp3) is 0.400. The zero-order valence-electron chi connectivity index (χ0n) is 7.11. The van der Waals surface area contributed by atoms with Crippen molar-refractivity contribution in [2.45, 2.75) is 12.5 Å². The van der Waals surface area contributed by atoms with E-state index in [0.29, 0.717) is 6.42 Å². The lowest BCUT2D eigenvalue weighted by Gasteiger charge is -2.17. The Morgan fingerprint density at radius 2 is 2.38 bits per heavy atom. The van der Waals surface area contributed by atoms with Gasteiger partial charge in [-0.1, -0.05) is 0 Å². The average molecular weight is 182 g/mol. The van der Waals surface area contributed by atoms with Crippen molar-refractivity contribution in [2.75, 3.05) is 6.61 Å². The number of rotatable bonds is 2. The lowest BCUT2D eigenvalue weighted by molar-refractivity contribution is 0.189. The van der Waals surface area contributed by atoms with E-state index in [9.17, 15) is 4.39 Å². The molecule has 1 heterocycles. The first kappa shape index (κ1) is 8.51. The molecule has 0 aromatic heterocycles. The average Bonchev–Trinajstić information content (AvgIpc) is 2.49. The van der Waals surface area contributed by atoms with Gasteiger partial charge in [-0.15, -0.1) is 0 Å².